The Morgan fingerprint density at radius 1 is 1.00 bits per heavy atom. The number of carbonyl (C=O) groups excluding carboxylic acids is 3. The summed E-state index contributed by atoms with van der Waals surface area (Å²) in [6, 6.07) is 15.4. The Labute approximate surface area is 181 Å². The number of fused-ring (bicyclic) bond motifs is 1. The minimum Gasteiger partial charge on any atom is -0.467 e. The van der Waals surface area contributed by atoms with Crippen LogP contribution in [0.25, 0.3) is 10.9 Å². The normalized spacial score (nSPS) is 12.3. The summed E-state index contributed by atoms with van der Waals surface area (Å²) in [5.74, 6) is -0.783. The minimum atomic E-state index is -0.967. The van der Waals surface area contributed by atoms with Crippen LogP contribution in [0.4, 0.5) is 4.79 Å². The van der Waals surface area contributed by atoms with Gasteiger partial charge in [-0.05, 0) is 44.5 Å². The van der Waals surface area contributed by atoms with E-state index in [9.17, 15) is 14.4 Å². The van der Waals surface area contributed by atoms with E-state index in [-0.39, 0.29) is 12.3 Å². The molecule has 0 unspecified atom stereocenters. The highest BCUT2D eigenvalue weighted by Crippen LogP contribution is 2.24. The lowest BCUT2D eigenvalue weighted by Gasteiger charge is -2.22. The summed E-state index contributed by atoms with van der Waals surface area (Å²) in [6.07, 6.45) is 1.13. The predicted molar refractivity (Wildman–Crippen MR) is 117 cm³/mol. The van der Waals surface area contributed by atoms with Gasteiger partial charge in [0, 0.05) is 23.6 Å². The molecule has 1 amide bonds. The molecule has 3 aromatic rings. The van der Waals surface area contributed by atoms with Gasteiger partial charge >= 0.3 is 12.1 Å². The number of methoxy groups -OCH3 is 1. The molecule has 0 aliphatic rings. The van der Waals surface area contributed by atoms with Crippen molar-refractivity contribution in [3.63, 3.8) is 0 Å². The zero-order valence-corrected chi connectivity index (χ0v) is 18.0. The number of nitrogens with one attached hydrogen (secondary N) is 1. The standard InChI is InChI=1S/C24H26N2O5/c1-24(2,3)31-23(29)25-19(22(28)30-4)14-17-15-26(20-13-9-8-12-18(17)20)21(27)16-10-6-5-7-11-16/h5-13,15,19H,14H2,1-4H3,(H,25,29)/t19-/m0/s1. The third-order valence-corrected chi connectivity index (χ3v) is 4.63. The molecule has 0 fully saturated rings. The fourth-order valence-electron chi connectivity index (χ4n) is 3.31. The summed E-state index contributed by atoms with van der Waals surface area (Å²) in [6.45, 7) is 5.22. The zero-order chi connectivity index (χ0) is 22.6. The molecule has 162 valence electrons. The molecule has 0 saturated carbocycles. The first kappa shape index (κ1) is 22.1. The van der Waals surface area contributed by atoms with Crippen LogP contribution in [0.5, 0.6) is 0 Å². The van der Waals surface area contributed by atoms with Gasteiger partial charge in [-0.15, -0.1) is 0 Å². The molecule has 31 heavy (non-hydrogen) atoms. The Morgan fingerprint density at radius 2 is 1.65 bits per heavy atom. The highest BCUT2D eigenvalue weighted by molar-refractivity contribution is 6.03. The Balaban J connectivity index is 1.94. The number of benzene rings is 2. The predicted octanol–water partition coefficient (Wildman–Crippen LogP) is 3.94. The molecule has 3 rings (SSSR count). The number of rotatable bonds is 5. The fourth-order valence-corrected chi connectivity index (χ4v) is 3.31. The summed E-state index contributed by atoms with van der Waals surface area (Å²) in [7, 11) is 1.26. The van der Waals surface area contributed by atoms with Crippen LogP contribution in [0.2, 0.25) is 0 Å². The summed E-state index contributed by atoms with van der Waals surface area (Å²) in [4.78, 5) is 37.7. The molecule has 0 saturated heterocycles. The lowest BCUT2D eigenvalue weighted by molar-refractivity contribution is -0.143. The summed E-state index contributed by atoms with van der Waals surface area (Å²) < 4.78 is 11.7. The van der Waals surface area contributed by atoms with Crippen LogP contribution in [0.15, 0.2) is 60.8 Å². The van der Waals surface area contributed by atoms with Crippen molar-refractivity contribution in [2.75, 3.05) is 7.11 Å². The molecule has 7 heteroatoms. The number of hydrogen-bond donors (Lipinski definition) is 1. The van der Waals surface area contributed by atoms with Gasteiger partial charge in [-0.25, -0.2) is 9.59 Å². The van der Waals surface area contributed by atoms with E-state index in [2.05, 4.69) is 5.32 Å². The van der Waals surface area contributed by atoms with Crippen LogP contribution in [-0.2, 0) is 20.7 Å². The molecule has 0 aliphatic carbocycles. The minimum absolute atomic E-state index is 0.140. The van der Waals surface area contributed by atoms with E-state index in [1.807, 2.05) is 30.3 Å². The number of nitrogens with zero attached hydrogens (tertiary/aromatic N) is 1. The van der Waals surface area contributed by atoms with Crippen LogP contribution in [0.3, 0.4) is 0 Å². The molecule has 1 N–H and O–H groups in total. The molecule has 0 radical (unpaired) electrons. The van der Waals surface area contributed by atoms with Gasteiger partial charge in [0.2, 0.25) is 0 Å². The molecule has 0 spiro atoms. The molecule has 1 heterocycles. The van der Waals surface area contributed by atoms with Gasteiger partial charge < -0.3 is 14.8 Å². The van der Waals surface area contributed by atoms with Gasteiger partial charge in [0.25, 0.3) is 5.91 Å². The average Bonchev–Trinajstić information content (AvgIpc) is 3.10. The second kappa shape index (κ2) is 9.04. The Hall–Kier alpha value is -3.61. The Kier molecular flexibility index (Phi) is 6.44. The second-order valence-electron chi connectivity index (χ2n) is 8.14. The van der Waals surface area contributed by atoms with Gasteiger partial charge in [-0.3, -0.25) is 9.36 Å². The van der Waals surface area contributed by atoms with Crippen LogP contribution in [-0.4, -0.2) is 41.3 Å². The maximum absolute atomic E-state index is 13.1. The van der Waals surface area contributed by atoms with Gasteiger partial charge in [0.1, 0.15) is 11.6 Å². The molecule has 0 bridgehead atoms. The van der Waals surface area contributed by atoms with Crippen LogP contribution in [0.1, 0.15) is 36.7 Å². The second-order valence-corrected chi connectivity index (χ2v) is 8.14. The van der Waals surface area contributed by atoms with Crippen molar-refractivity contribution in [1.82, 2.24) is 9.88 Å². The SMILES string of the molecule is COC(=O)[C@H](Cc1cn(C(=O)c2ccccc2)c2ccccc12)NC(=O)OC(C)(C)C. The van der Waals surface area contributed by atoms with Gasteiger partial charge in [-0.2, -0.15) is 0 Å². The topological polar surface area (TPSA) is 86.6 Å². The van der Waals surface area contributed by atoms with Gasteiger partial charge in [-0.1, -0.05) is 36.4 Å². The molecule has 1 aromatic heterocycles. The van der Waals surface area contributed by atoms with Crippen LogP contribution < -0.4 is 5.32 Å². The molecule has 2 aromatic carbocycles. The quantitative estimate of drug-likeness (QED) is 0.630. The van der Waals surface area contributed by atoms with E-state index in [1.165, 1.54) is 7.11 Å². The van der Waals surface area contributed by atoms with Crippen LogP contribution in [0, 0.1) is 0 Å². The highest BCUT2D eigenvalue weighted by Gasteiger charge is 2.27. The molecular weight excluding hydrogens is 396 g/mol. The van der Waals surface area contributed by atoms with E-state index in [0.717, 1.165) is 10.9 Å². The number of amides is 1. The van der Waals surface area contributed by atoms with E-state index in [4.69, 9.17) is 9.47 Å². The Bertz CT molecular complexity index is 1100. The third-order valence-electron chi connectivity index (χ3n) is 4.63. The third kappa shape index (κ3) is 5.31. The maximum atomic E-state index is 13.1. The number of carbonyl (C=O) groups is 3. The zero-order valence-electron chi connectivity index (χ0n) is 18.0. The number of esters is 1. The fraction of sp³-hybridized carbons (Fsp3) is 0.292. The maximum Gasteiger partial charge on any atom is 0.408 e. The first-order valence-electron chi connectivity index (χ1n) is 9.95. The highest BCUT2D eigenvalue weighted by atomic mass is 16.6. The molecule has 7 nitrogen and oxygen atoms in total. The van der Waals surface area contributed by atoms with E-state index >= 15 is 0 Å². The van der Waals surface area contributed by atoms with Crippen molar-refractivity contribution >= 4 is 28.9 Å². The van der Waals surface area contributed by atoms with Crippen molar-refractivity contribution in [3.8, 4) is 0 Å². The van der Waals surface area contributed by atoms with Gasteiger partial charge in [0.05, 0.1) is 12.6 Å². The van der Waals surface area contributed by atoms with Crippen LogP contribution >= 0.6 is 0 Å². The van der Waals surface area contributed by atoms with E-state index < -0.39 is 23.7 Å². The van der Waals surface area contributed by atoms with E-state index in [1.54, 1.807) is 55.8 Å². The van der Waals surface area contributed by atoms with Gasteiger partial charge in [0.15, 0.2) is 0 Å². The van der Waals surface area contributed by atoms with Crippen molar-refractivity contribution in [3.05, 3.63) is 71.9 Å². The van der Waals surface area contributed by atoms with Crippen molar-refractivity contribution in [2.24, 2.45) is 0 Å². The number of aromatic nitrogens is 1. The van der Waals surface area contributed by atoms with E-state index in [0.29, 0.717) is 11.1 Å². The number of para-hydroxylation sites is 1. The molecule has 1 atom stereocenters. The lowest BCUT2D eigenvalue weighted by atomic mass is 10.1. The molecule has 0 aliphatic heterocycles. The Morgan fingerprint density at radius 3 is 2.29 bits per heavy atom. The number of hydrogen-bond acceptors (Lipinski definition) is 5. The first-order chi connectivity index (χ1) is 14.7. The number of ether oxygens (including phenoxy) is 2. The lowest BCUT2D eigenvalue weighted by Crippen LogP contribution is -2.45. The molecular formula is C24H26N2O5. The summed E-state index contributed by atoms with van der Waals surface area (Å²) in [5.41, 5.74) is 1.29. The monoisotopic (exact) mass is 422 g/mol. The number of alkyl carbamates (subject to hydrolysis) is 1. The largest absolute Gasteiger partial charge is 0.467 e. The van der Waals surface area contributed by atoms with Crippen molar-refractivity contribution < 1.29 is 23.9 Å². The van der Waals surface area contributed by atoms with Crippen molar-refractivity contribution in [2.45, 2.75) is 38.8 Å². The van der Waals surface area contributed by atoms with Crippen molar-refractivity contribution in [1.29, 1.82) is 0 Å². The smallest absolute Gasteiger partial charge is 0.408 e. The average molecular weight is 422 g/mol. The first-order valence-corrected chi connectivity index (χ1v) is 9.95. The summed E-state index contributed by atoms with van der Waals surface area (Å²) >= 11 is 0. The summed E-state index contributed by atoms with van der Waals surface area (Å²) in [5, 5.41) is 3.39.